The number of thioether (sulfide) groups is 1. The summed E-state index contributed by atoms with van der Waals surface area (Å²) in [6.45, 7) is 7.44. The maximum Gasteiger partial charge on any atom is 0.233 e. The van der Waals surface area contributed by atoms with Crippen molar-refractivity contribution < 1.29 is 9.53 Å². The topological polar surface area (TPSA) is 63.5 Å². The number of nitrogens with zero attached hydrogens (tertiary/aromatic N) is 5. The number of amides is 1. The molecule has 1 amide bonds. The second kappa shape index (κ2) is 9.83. The Bertz CT molecular complexity index is 934. The average molecular weight is 456 g/mol. The van der Waals surface area contributed by atoms with E-state index in [9.17, 15) is 4.79 Å². The summed E-state index contributed by atoms with van der Waals surface area (Å²) < 4.78 is 8.12. The van der Waals surface area contributed by atoms with Crippen LogP contribution in [0.1, 0.15) is 43.7 Å². The van der Waals surface area contributed by atoms with Crippen molar-refractivity contribution in [3.8, 4) is 0 Å². The molecule has 8 heteroatoms. The Morgan fingerprint density at radius 2 is 1.94 bits per heavy atom. The van der Waals surface area contributed by atoms with Gasteiger partial charge in [0.1, 0.15) is 0 Å². The van der Waals surface area contributed by atoms with Gasteiger partial charge in [-0.25, -0.2) is 0 Å². The highest BCUT2D eigenvalue weighted by Crippen LogP contribution is 2.28. The number of hydrogen-bond donors (Lipinski definition) is 0. The smallest absolute Gasteiger partial charge is 0.233 e. The number of aromatic nitrogens is 3. The van der Waals surface area contributed by atoms with Gasteiger partial charge in [-0.1, -0.05) is 43.0 Å². The minimum atomic E-state index is 0.171. The van der Waals surface area contributed by atoms with Gasteiger partial charge >= 0.3 is 0 Å². The van der Waals surface area contributed by atoms with Crippen molar-refractivity contribution in [2.24, 2.45) is 5.92 Å². The van der Waals surface area contributed by atoms with Crippen LogP contribution in [0.2, 0.25) is 0 Å². The van der Waals surface area contributed by atoms with Gasteiger partial charge in [-0.3, -0.25) is 9.36 Å². The van der Waals surface area contributed by atoms with Crippen molar-refractivity contribution in [1.29, 1.82) is 0 Å². The van der Waals surface area contributed by atoms with E-state index in [0.29, 0.717) is 12.3 Å². The van der Waals surface area contributed by atoms with Crippen LogP contribution in [0, 0.1) is 5.92 Å². The highest BCUT2D eigenvalue weighted by molar-refractivity contribution is 7.99. The molecule has 7 nitrogen and oxygen atoms in total. The minimum absolute atomic E-state index is 0.171. The predicted molar refractivity (Wildman–Crippen MR) is 126 cm³/mol. The van der Waals surface area contributed by atoms with Gasteiger partial charge in [0.05, 0.1) is 18.4 Å². The van der Waals surface area contributed by atoms with Crippen molar-refractivity contribution >= 4 is 23.6 Å². The summed E-state index contributed by atoms with van der Waals surface area (Å²) in [5.41, 5.74) is 2.63. The normalized spacial score (nSPS) is 21.7. The number of fused-ring (bicyclic) bond motifs is 1. The molecule has 0 radical (unpaired) electrons. The fourth-order valence-electron chi connectivity index (χ4n) is 4.91. The second-order valence-electron chi connectivity index (χ2n) is 9.32. The molecule has 4 heterocycles. The SMILES string of the molecule is CC1CCN(c2nnc(SCC(=O)N3CCc4ccccc4C3)n2C[C@H]2CCCO2)CC1. The Balaban J connectivity index is 1.27. The number of piperidine rings is 1. The lowest BCUT2D eigenvalue weighted by Crippen LogP contribution is -2.37. The van der Waals surface area contributed by atoms with E-state index in [1.165, 1.54) is 35.7 Å². The van der Waals surface area contributed by atoms with Crippen LogP contribution < -0.4 is 4.90 Å². The van der Waals surface area contributed by atoms with Crippen LogP contribution >= 0.6 is 11.8 Å². The average Bonchev–Trinajstić information content (AvgIpc) is 3.48. The Kier molecular flexibility index (Phi) is 6.69. The first-order chi connectivity index (χ1) is 15.7. The van der Waals surface area contributed by atoms with E-state index in [4.69, 9.17) is 4.74 Å². The Morgan fingerprint density at radius 1 is 1.12 bits per heavy atom. The van der Waals surface area contributed by atoms with E-state index in [0.717, 1.165) is 69.1 Å². The molecule has 0 aliphatic carbocycles. The van der Waals surface area contributed by atoms with Crippen LogP contribution in [-0.2, 0) is 29.0 Å². The molecule has 1 aromatic carbocycles. The molecule has 1 aromatic heterocycles. The summed E-state index contributed by atoms with van der Waals surface area (Å²) in [5, 5.41) is 9.91. The third kappa shape index (κ3) is 4.81. The first-order valence-electron chi connectivity index (χ1n) is 11.9. The summed E-state index contributed by atoms with van der Waals surface area (Å²) in [4.78, 5) is 17.3. The molecule has 0 spiro atoms. The van der Waals surface area contributed by atoms with Crippen LogP contribution in [-0.4, -0.2) is 63.7 Å². The Labute approximate surface area is 194 Å². The van der Waals surface area contributed by atoms with Gasteiger partial charge < -0.3 is 14.5 Å². The predicted octanol–water partition coefficient (Wildman–Crippen LogP) is 3.37. The van der Waals surface area contributed by atoms with Crippen LogP contribution in [0.5, 0.6) is 0 Å². The summed E-state index contributed by atoms with van der Waals surface area (Å²) in [7, 11) is 0. The molecule has 0 N–H and O–H groups in total. The minimum Gasteiger partial charge on any atom is -0.376 e. The fraction of sp³-hybridized carbons (Fsp3) is 0.625. The molecule has 2 fully saturated rings. The van der Waals surface area contributed by atoms with Crippen molar-refractivity contribution in [2.45, 2.75) is 63.4 Å². The first-order valence-corrected chi connectivity index (χ1v) is 12.9. The highest BCUT2D eigenvalue weighted by Gasteiger charge is 2.27. The monoisotopic (exact) mass is 455 g/mol. The van der Waals surface area contributed by atoms with E-state index in [1.807, 2.05) is 4.90 Å². The van der Waals surface area contributed by atoms with E-state index < -0.39 is 0 Å². The van der Waals surface area contributed by atoms with Gasteiger partial charge in [-0.2, -0.15) is 0 Å². The molecule has 2 saturated heterocycles. The molecule has 172 valence electrons. The zero-order valence-electron chi connectivity index (χ0n) is 18.9. The quantitative estimate of drug-likeness (QED) is 0.623. The number of carbonyl (C=O) groups is 1. The van der Waals surface area contributed by atoms with Gasteiger partial charge in [0.25, 0.3) is 0 Å². The Morgan fingerprint density at radius 3 is 2.72 bits per heavy atom. The summed E-state index contributed by atoms with van der Waals surface area (Å²) in [5.74, 6) is 2.27. The van der Waals surface area contributed by atoms with E-state index in [2.05, 4.69) is 50.9 Å². The van der Waals surface area contributed by atoms with Crippen LogP contribution in [0.15, 0.2) is 29.4 Å². The lowest BCUT2D eigenvalue weighted by molar-refractivity contribution is -0.129. The standard InChI is InChI=1S/C24H33N5O2S/c1-18-8-11-27(12-9-18)23-25-26-24(29(23)16-21-7-4-14-31-21)32-17-22(30)28-13-10-19-5-2-3-6-20(19)15-28/h2-3,5-6,18,21H,4,7-17H2,1H3/t21-/m1/s1. The lowest BCUT2D eigenvalue weighted by atomic mass is 10.00. The lowest BCUT2D eigenvalue weighted by Gasteiger charge is -2.31. The van der Waals surface area contributed by atoms with Crippen LogP contribution in [0.25, 0.3) is 0 Å². The van der Waals surface area contributed by atoms with E-state index in [1.54, 1.807) is 0 Å². The molecule has 5 rings (SSSR count). The summed E-state index contributed by atoms with van der Waals surface area (Å²) >= 11 is 1.51. The molecule has 0 bridgehead atoms. The maximum absolute atomic E-state index is 13.0. The molecular weight excluding hydrogens is 422 g/mol. The second-order valence-corrected chi connectivity index (χ2v) is 10.3. The summed E-state index contributed by atoms with van der Waals surface area (Å²) in [6, 6.07) is 8.43. The highest BCUT2D eigenvalue weighted by atomic mass is 32.2. The van der Waals surface area contributed by atoms with Gasteiger partial charge in [0, 0.05) is 32.8 Å². The van der Waals surface area contributed by atoms with E-state index in [-0.39, 0.29) is 12.0 Å². The zero-order chi connectivity index (χ0) is 21.9. The number of carbonyl (C=O) groups excluding carboxylic acids is 1. The third-order valence-corrected chi connectivity index (χ3v) is 7.93. The number of ether oxygens (including phenoxy) is 1. The molecule has 3 aliphatic rings. The van der Waals surface area contributed by atoms with Crippen molar-refractivity contribution in [2.75, 3.05) is 36.9 Å². The number of hydrogen-bond acceptors (Lipinski definition) is 6. The molecule has 32 heavy (non-hydrogen) atoms. The van der Waals surface area contributed by atoms with Gasteiger partial charge in [0.2, 0.25) is 11.9 Å². The van der Waals surface area contributed by atoms with Gasteiger partial charge in [-0.05, 0) is 49.1 Å². The molecular formula is C24H33N5O2S. The molecule has 2 aromatic rings. The van der Waals surface area contributed by atoms with Crippen molar-refractivity contribution in [1.82, 2.24) is 19.7 Å². The largest absolute Gasteiger partial charge is 0.376 e. The number of rotatable bonds is 6. The molecule has 3 aliphatic heterocycles. The zero-order valence-corrected chi connectivity index (χ0v) is 19.7. The maximum atomic E-state index is 13.0. The summed E-state index contributed by atoms with van der Waals surface area (Å²) in [6.07, 6.45) is 5.70. The molecule has 0 saturated carbocycles. The Hall–Kier alpha value is -2.06. The fourth-order valence-corrected chi connectivity index (χ4v) is 5.75. The molecule has 0 unspecified atom stereocenters. The number of anilines is 1. The van der Waals surface area contributed by atoms with Crippen molar-refractivity contribution in [3.05, 3.63) is 35.4 Å². The van der Waals surface area contributed by atoms with Gasteiger partial charge in [0.15, 0.2) is 5.16 Å². The number of benzene rings is 1. The van der Waals surface area contributed by atoms with Crippen molar-refractivity contribution in [3.63, 3.8) is 0 Å². The van der Waals surface area contributed by atoms with Crippen LogP contribution in [0.3, 0.4) is 0 Å². The first kappa shape index (κ1) is 21.8. The molecule has 1 atom stereocenters. The third-order valence-electron chi connectivity index (χ3n) is 6.98. The van der Waals surface area contributed by atoms with Crippen LogP contribution in [0.4, 0.5) is 5.95 Å². The van der Waals surface area contributed by atoms with Gasteiger partial charge in [-0.15, -0.1) is 10.2 Å². The van der Waals surface area contributed by atoms with E-state index >= 15 is 0 Å².